The van der Waals surface area contributed by atoms with Crippen LogP contribution in [0, 0.1) is 0 Å². The van der Waals surface area contributed by atoms with Crippen LogP contribution in [-0.4, -0.2) is 49.2 Å². The summed E-state index contributed by atoms with van der Waals surface area (Å²) in [6.45, 7) is 0. The van der Waals surface area contributed by atoms with Crippen LogP contribution in [0.1, 0.15) is 0 Å². The van der Waals surface area contributed by atoms with Crippen LogP contribution in [0.4, 0.5) is 5.82 Å². The van der Waals surface area contributed by atoms with Crippen molar-refractivity contribution in [2.45, 2.75) is 16.7 Å². The van der Waals surface area contributed by atoms with E-state index in [2.05, 4.69) is 9.97 Å². The van der Waals surface area contributed by atoms with Crippen molar-refractivity contribution >= 4 is 57.9 Å². The number of aromatic nitrogens is 2. The number of rotatable bonds is 1. The van der Waals surface area contributed by atoms with Gasteiger partial charge >= 0.3 is 0 Å². The fourth-order valence-electron chi connectivity index (χ4n) is 2.78. The summed E-state index contributed by atoms with van der Waals surface area (Å²) in [7, 11) is 0. The predicted octanol–water partition coefficient (Wildman–Crippen LogP) is 2.17. The fraction of sp³-hybridized carbons (Fsp3) is 0.357. The van der Waals surface area contributed by atoms with E-state index in [4.69, 9.17) is 11.6 Å². The summed E-state index contributed by atoms with van der Waals surface area (Å²) < 4.78 is 0. The topological polar surface area (TPSA) is 66.3 Å². The Hall–Kier alpha value is -1.02. The van der Waals surface area contributed by atoms with Gasteiger partial charge in [-0.05, 0) is 18.2 Å². The summed E-state index contributed by atoms with van der Waals surface area (Å²) in [4.78, 5) is 22.6. The van der Waals surface area contributed by atoms with E-state index in [1.165, 1.54) is 4.90 Å². The van der Waals surface area contributed by atoms with Crippen LogP contribution < -0.4 is 4.90 Å². The van der Waals surface area contributed by atoms with Crippen LogP contribution in [-0.2, 0) is 4.79 Å². The molecule has 0 bridgehead atoms. The monoisotopic (exact) mass is 353 g/mol. The van der Waals surface area contributed by atoms with Crippen LogP contribution in [0.3, 0.4) is 0 Å². The Balaban J connectivity index is 1.76. The van der Waals surface area contributed by atoms with E-state index in [1.807, 2.05) is 0 Å². The molecule has 3 atom stereocenters. The second kappa shape index (κ2) is 5.56. The van der Waals surface area contributed by atoms with Crippen molar-refractivity contribution in [1.29, 1.82) is 0 Å². The maximum atomic E-state index is 12.6. The van der Waals surface area contributed by atoms with Crippen LogP contribution in [0.15, 0.2) is 24.4 Å². The van der Waals surface area contributed by atoms with Crippen LogP contribution >= 0.6 is 35.1 Å². The van der Waals surface area contributed by atoms with E-state index < -0.39 is 6.23 Å². The summed E-state index contributed by atoms with van der Waals surface area (Å²) in [6.07, 6.45) is 0.731. The number of fused-ring (bicyclic) bond motifs is 2. The lowest BCUT2D eigenvalue weighted by atomic mass is 10.3. The van der Waals surface area contributed by atoms with Gasteiger partial charge in [-0.3, -0.25) is 9.69 Å². The number of amides is 1. The average molecular weight is 354 g/mol. The lowest BCUT2D eigenvalue weighted by molar-refractivity contribution is -0.117. The van der Waals surface area contributed by atoms with Gasteiger partial charge in [-0.25, -0.2) is 9.97 Å². The third kappa shape index (κ3) is 2.19. The molecule has 2 aromatic rings. The molecule has 2 aromatic heterocycles. The highest BCUT2D eigenvalue weighted by Crippen LogP contribution is 2.42. The number of hydrogen-bond acceptors (Lipinski definition) is 6. The predicted molar refractivity (Wildman–Crippen MR) is 90.5 cm³/mol. The lowest BCUT2D eigenvalue weighted by Crippen LogP contribution is -2.36. The van der Waals surface area contributed by atoms with Crippen molar-refractivity contribution in [3.8, 4) is 0 Å². The van der Waals surface area contributed by atoms with Gasteiger partial charge in [-0.1, -0.05) is 11.6 Å². The van der Waals surface area contributed by atoms with E-state index in [0.717, 1.165) is 16.9 Å². The van der Waals surface area contributed by atoms with Gasteiger partial charge in [0.2, 0.25) is 5.91 Å². The highest BCUT2D eigenvalue weighted by atomic mass is 35.5. The number of carbonyl (C=O) groups is 1. The first-order chi connectivity index (χ1) is 10.7. The van der Waals surface area contributed by atoms with Gasteiger partial charge in [-0.15, -0.1) is 11.8 Å². The molecule has 0 aliphatic carbocycles. The highest BCUT2D eigenvalue weighted by Gasteiger charge is 2.50. The quantitative estimate of drug-likeness (QED) is 0.847. The van der Waals surface area contributed by atoms with Crippen molar-refractivity contribution in [2.24, 2.45) is 0 Å². The van der Waals surface area contributed by atoms with Crippen LogP contribution in [0.25, 0.3) is 11.0 Å². The molecule has 114 valence electrons. The Bertz CT molecular complexity index is 760. The summed E-state index contributed by atoms with van der Waals surface area (Å²) in [5.41, 5.74) is 0.472. The molecule has 2 aliphatic rings. The lowest BCUT2D eigenvalue weighted by Gasteiger charge is -2.24. The number of hydrogen-bond donors (Lipinski definition) is 1. The molecule has 0 radical (unpaired) electrons. The van der Waals surface area contributed by atoms with Crippen molar-refractivity contribution < 1.29 is 9.90 Å². The number of thioether (sulfide) groups is 2. The minimum Gasteiger partial charge on any atom is -0.372 e. The molecule has 0 saturated carbocycles. The molecule has 22 heavy (non-hydrogen) atoms. The van der Waals surface area contributed by atoms with Gasteiger partial charge in [0.15, 0.2) is 5.65 Å². The smallest absolute Gasteiger partial charge is 0.244 e. The van der Waals surface area contributed by atoms with Gasteiger partial charge in [-0.2, -0.15) is 11.8 Å². The van der Waals surface area contributed by atoms with Gasteiger partial charge in [0.05, 0.1) is 10.3 Å². The van der Waals surface area contributed by atoms with E-state index in [-0.39, 0.29) is 16.4 Å². The zero-order valence-corrected chi connectivity index (χ0v) is 13.7. The van der Waals surface area contributed by atoms with Crippen molar-refractivity contribution in [2.75, 3.05) is 16.4 Å². The molecule has 5 nitrogen and oxygen atoms in total. The molecule has 3 unspecified atom stereocenters. The number of pyridine rings is 2. The van der Waals surface area contributed by atoms with E-state index in [1.54, 1.807) is 47.9 Å². The largest absolute Gasteiger partial charge is 0.372 e. The third-order valence-corrected chi connectivity index (χ3v) is 7.21. The zero-order chi connectivity index (χ0) is 15.3. The molecule has 0 spiro atoms. The number of nitrogens with zero attached hydrogens (tertiary/aromatic N) is 3. The number of carbonyl (C=O) groups excluding carboxylic acids is 1. The molecular weight excluding hydrogens is 342 g/mol. The molecule has 2 saturated heterocycles. The van der Waals surface area contributed by atoms with E-state index >= 15 is 0 Å². The SMILES string of the molecule is O=C1C2SCCSC2C(O)N1c1ccc2c(Cl)ccnc2n1. The Labute approximate surface area is 140 Å². The first kappa shape index (κ1) is 14.6. The maximum absolute atomic E-state index is 12.6. The molecule has 8 heteroatoms. The van der Waals surface area contributed by atoms with E-state index in [9.17, 15) is 9.90 Å². The van der Waals surface area contributed by atoms with Crippen molar-refractivity contribution in [3.63, 3.8) is 0 Å². The Morgan fingerprint density at radius 1 is 1.27 bits per heavy atom. The zero-order valence-electron chi connectivity index (χ0n) is 11.3. The Morgan fingerprint density at radius 2 is 2.09 bits per heavy atom. The van der Waals surface area contributed by atoms with Crippen molar-refractivity contribution in [3.05, 3.63) is 29.4 Å². The molecule has 4 rings (SSSR count). The standard InChI is InChI=1S/C14H12ClN3O2S2/c15-8-3-4-16-12-7(8)1-2-9(17-12)18-13(19)10-11(14(18)20)22-6-5-21-10/h1-4,10-11,13,19H,5-6H2. The summed E-state index contributed by atoms with van der Waals surface area (Å²) >= 11 is 9.38. The molecule has 0 aromatic carbocycles. The number of aliphatic hydroxyl groups is 1. The Morgan fingerprint density at radius 3 is 2.91 bits per heavy atom. The third-order valence-electron chi connectivity index (χ3n) is 3.81. The molecule has 1 N–H and O–H groups in total. The van der Waals surface area contributed by atoms with Gasteiger partial charge in [0, 0.05) is 23.1 Å². The van der Waals surface area contributed by atoms with Gasteiger partial charge in [0.25, 0.3) is 0 Å². The van der Waals surface area contributed by atoms with Crippen LogP contribution in [0.5, 0.6) is 0 Å². The maximum Gasteiger partial charge on any atom is 0.244 e. The molecule has 4 heterocycles. The highest BCUT2D eigenvalue weighted by molar-refractivity contribution is 8.07. The average Bonchev–Trinajstić information content (AvgIpc) is 2.79. The van der Waals surface area contributed by atoms with Gasteiger partial charge < -0.3 is 5.11 Å². The van der Waals surface area contributed by atoms with Crippen LogP contribution in [0.2, 0.25) is 5.02 Å². The van der Waals surface area contributed by atoms with Gasteiger partial charge in [0.1, 0.15) is 17.3 Å². The number of anilines is 1. The first-order valence-electron chi connectivity index (χ1n) is 6.82. The molecule has 2 aliphatic heterocycles. The molecule has 1 amide bonds. The number of aliphatic hydroxyl groups excluding tert-OH is 1. The second-order valence-electron chi connectivity index (χ2n) is 5.08. The minimum absolute atomic E-state index is 0.0800. The summed E-state index contributed by atoms with van der Waals surface area (Å²) in [6, 6.07) is 5.20. The van der Waals surface area contributed by atoms with E-state index in [0.29, 0.717) is 16.5 Å². The normalized spacial score (nSPS) is 28.2. The minimum atomic E-state index is -0.848. The molecular formula is C14H12ClN3O2S2. The second-order valence-corrected chi connectivity index (χ2v) is 8.02. The molecule has 2 fully saturated rings. The first-order valence-corrected chi connectivity index (χ1v) is 9.30. The summed E-state index contributed by atoms with van der Waals surface area (Å²) in [5.74, 6) is 2.23. The summed E-state index contributed by atoms with van der Waals surface area (Å²) in [5, 5.41) is 11.5. The fourth-order valence-corrected chi connectivity index (χ4v) is 5.92. The Kier molecular flexibility index (Phi) is 3.68. The number of halogens is 1. The van der Waals surface area contributed by atoms with Crippen molar-refractivity contribution in [1.82, 2.24) is 9.97 Å².